The van der Waals surface area contributed by atoms with Gasteiger partial charge >= 0.3 is 5.97 Å². The molecule has 1 atom stereocenters. The van der Waals surface area contributed by atoms with Gasteiger partial charge in [0.05, 0.1) is 12.1 Å². The van der Waals surface area contributed by atoms with Gasteiger partial charge < -0.3 is 14.9 Å². The summed E-state index contributed by atoms with van der Waals surface area (Å²) in [7, 11) is 0. The first-order valence-corrected chi connectivity index (χ1v) is 5.97. The van der Waals surface area contributed by atoms with E-state index < -0.39 is 5.97 Å². The summed E-state index contributed by atoms with van der Waals surface area (Å²) in [6.07, 6.45) is 1.06. The second-order valence-electron chi connectivity index (χ2n) is 4.09. The monoisotopic (exact) mass is 254 g/mol. The van der Waals surface area contributed by atoms with Crippen molar-refractivity contribution in [1.29, 1.82) is 0 Å². The van der Waals surface area contributed by atoms with Crippen LogP contribution in [0.5, 0.6) is 0 Å². The fourth-order valence-corrected chi connectivity index (χ4v) is 1.72. The molecule has 0 fully saturated rings. The summed E-state index contributed by atoms with van der Waals surface area (Å²) in [5, 5.41) is 15.2. The minimum absolute atomic E-state index is 0.0893. The molecule has 0 saturated heterocycles. The number of hydrogen-bond acceptors (Lipinski definition) is 4. The average molecular weight is 254 g/mol. The van der Waals surface area contributed by atoms with Gasteiger partial charge in [0.2, 0.25) is 0 Å². The molecule has 0 bridgehead atoms. The molecule has 0 saturated carbocycles. The van der Waals surface area contributed by atoms with Gasteiger partial charge in [0.25, 0.3) is 5.91 Å². The number of aromatic nitrogens is 1. The van der Waals surface area contributed by atoms with Crippen LogP contribution in [-0.2, 0) is 11.2 Å². The highest BCUT2D eigenvalue weighted by molar-refractivity contribution is 5.96. The van der Waals surface area contributed by atoms with Gasteiger partial charge in [-0.15, -0.1) is 0 Å². The third kappa shape index (κ3) is 3.32. The summed E-state index contributed by atoms with van der Waals surface area (Å²) in [5.74, 6) is -0.798. The van der Waals surface area contributed by atoms with Gasteiger partial charge in [0, 0.05) is 6.04 Å². The number of amides is 1. The number of carboxylic acids is 1. The van der Waals surface area contributed by atoms with Gasteiger partial charge in [-0.1, -0.05) is 19.0 Å². The number of nitrogens with zero attached hydrogens (tertiary/aromatic N) is 1. The van der Waals surface area contributed by atoms with Gasteiger partial charge in [-0.2, -0.15) is 0 Å². The van der Waals surface area contributed by atoms with E-state index in [9.17, 15) is 9.59 Å². The van der Waals surface area contributed by atoms with E-state index in [1.54, 1.807) is 6.92 Å². The fraction of sp³-hybridized carbons (Fsp3) is 0.583. The molecule has 1 amide bonds. The molecule has 2 N–H and O–H groups in total. The Kier molecular flexibility index (Phi) is 4.88. The predicted molar refractivity (Wildman–Crippen MR) is 64.4 cm³/mol. The summed E-state index contributed by atoms with van der Waals surface area (Å²) in [6, 6.07) is -0.381. The minimum atomic E-state index is -0.931. The Labute approximate surface area is 105 Å². The summed E-state index contributed by atoms with van der Waals surface area (Å²) in [5.41, 5.74) is 1.01. The van der Waals surface area contributed by atoms with Crippen molar-refractivity contribution in [1.82, 2.24) is 10.5 Å². The van der Waals surface area contributed by atoms with Crippen LogP contribution in [0.2, 0.25) is 0 Å². The molecule has 1 rings (SSSR count). The van der Waals surface area contributed by atoms with Crippen LogP contribution in [0.15, 0.2) is 4.52 Å². The molecule has 1 heterocycles. The van der Waals surface area contributed by atoms with E-state index in [2.05, 4.69) is 10.5 Å². The third-order valence-electron chi connectivity index (χ3n) is 2.74. The number of carbonyl (C=O) groups excluding carboxylic acids is 1. The molecular formula is C12H18N2O4. The van der Waals surface area contributed by atoms with E-state index in [0.717, 1.165) is 0 Å². The van der Waals surface area contributed by atoms with Crippen LogP contribution >= 0.6 is 0 Å². The standard InChI is InChI=1S/C12H18N2O4/c1-4-8(6-10(15)16)13-12(17)11-7(3)18-14-9(11)5-2/h8H,4-6H2,1-3H3,(H,13,17)(H,15,16). The lowest BCUT2D eigenvalue weighted by Crippen LogP contribution is -2.36. The Hall–Kier alpha value is -1.85. The number of nitrogens with one attached hydrogen (secondary N) is 1. The molecule has 6 heteroatoms. The molecule has 0 aliphatic carbocycles. The lowest BCUT2D eigenvalue weighted by molar-refractivity contribution is -0.137. The number of aliphatic carboxylic acids is 1. The van der Waals surface area contributed by atoms with Crippen molar-refractivity contribution in [3.8, 4) is 0 Å². The van der Waals surface area contributed by atoms with Crippen LogP contribution in [-0.4, -0.2) is 28.2 Å². The lowest BCUT2D eigenvalue weighted by Gasteiger charge is -2.14. The van der Waals surface area contributed by atoms with Gasteiger partial charge in [-0.25, -0.2) is 0 Å². The third-order valence-corrected chi connectivity index (χ3v) is 2.74. The Morgan fingerprint density at radius 2 is 2.11 bits per heavy atom. The van der Waals surface area contributed by atoms with Crippen LogP contribution in [0.3, 0.4) is 0 Å². The van der Waals surface area contributed by atoms with Crippen LogP contribution < -0.4 is 5.32 Å². The number of rotatable bonds is 6. The highest BCUT2D eigenvalue weighted by Gasteiger charge is 2.22. The molecule has 0 aliphatic heterocycles. The van der Waals surface area contributed by atoms with Crippen molar-refractivity contribution in [2.45, 2.75) is 46.1 Å². The van der Waals surface area contributed by atoms with E-state index in [4.69, 9.17) is 9.63 Å². The smallest absolute Gasteiger partial charge is 0.305 e. The zero-order valence-electron chi connectivity index (χ0n) is 10.8. The lowest BCUT2D eigenvalue weighted by atomic mass is 10.1. The molecule has 1 aromatic heterocycles. The normalized spacial score (nSPS) is 12.2. The van der Waals surface area contributed by atoms with Crippen LogP contribution in [0, 0.1) is 6.92 Å². The Morgan fingerprint density at radius 1 is 1.44 bits per heavy atom. The molecule has 1 aromatic rings. The predicted octanol–water partition coefficient (Wildman–Crippen LogP) is 1.53. The largest absolute Gasteiger partial charge is 0.481 e. The molecule has 18 heavy (non-hydrogen) atoms. The Balaban J connectivity index is 2.80. The fourth-order valence-electron chi connectivity index (χ4n) is 1.72. The van der Waals surface area contributed by atoms with E-state index in [1.807, 2.05) is 13.8 Å². The van der Waals surface area contributed by atoms with E-state index >= 15 is 0 Å². The van der Waals surface area contributed by atoms with Crippen LogP contribution in [0.1, 0.15) is 48.5 Å². The highest BCUT2D eigenvalue weighted by atomic mass is 16.5. The average Bonchev–Trinajstić information content (AvgIpc) is 2.68. The van der Waals surface area contributed by atoms with Crippen molar-refractivity contribution in [3.05, 3.63) is 17.0 Å². The minimum Gasteiger partial charge on any atom is -0.481 e. The first-order valence-electron chi connectivity index (χ1n) is 5.97. The molecule has 0 aromatic carbocycles. The van der Waals surface area contributed by atoms with Crippen LogP contribution in [0.4, 0.5) is 0 Å². The second kappa shape index (κ2) is 6.18. The summed E-state index contributed by atoms with van der Waals surface area (Å²) < 4.78 is 4.98. The van der Waals surface area contributed by atoms with Gasteiger partial charge in [-0.05, 0) is 19.8 Å². The van der Waals surface area contributed by atoms with Crippen LogP contribution in [0.25, 0.3) is 0 Å². The zero-order chi connectivity index (χ0) is 13.7. The number of aryl methyl sites for hydroxylation is 2. The first kappa shape index (κ1) is 14.2. The second-order valence-corrected chi connectivity index (χ2v) is 4.09. The number of carbonyl (C=O) groups is 2. The van der Waals surface area contributed by atoms with Gasteiger partial charge in [-0.3, -0.25) is 9.59 Å². The van der Waals surface area contributed by atoms with E-state index in [0.29, 0.717) is 29.9 Å². The molecule has 0 spiro atoms. The van der Waals surface area contributed by atoms with Crippen molar-refractivity contribution >= 4 is 11.9 Å². The maximum Gasteiger partial charge on any atom is 0.305 e. The maximum atomic E-state index is 12.1. The summed E-state index contributed by atoms with van der Waals surface area (Å²) in [6.45, 7) is 5.37. The first-order chi connectivity index (χ1) is 8.49. The van der Waals surface area contributed by atoms with E-state index in [-0.39, 0.29) is 18.4 Å². The molecule has 100 valence electrons. The molecular weight excluding hydrogens is 236 g/mol. The summed E-state index contributed by atoms with van der Waals surface area (Å²) >= 11 is 0. The maximum absolute atomic E-state index is 12.1. The molecule has 1 unspecified atom stereocenters. The molecule has 0 aliphatic rings. The Morgan fingerprint density at radius 3 is 2.61 bits per heavy atom. The Bertz CT molecular complexity index is 439. The van der Waals surface area contributed by atoms with Gasteiger partial charge in [0.1, 0.15) is 11.3 Å². The number of hydrogen-bond donors (Lipinski definition) is 2. The zero-order valence-corrected chi connectivity index (χ0v) is 10.8. The van der Waals surface area contributed by atoms with Gasteiger partial charge in [0.15, 0.2) is 0 Å². The quantitative estimate of drug-likeness (QED) is 0.803. The SMILES string of the molecule is CCc1noc(C)c1C(=O)NC(CC)CC(=O)O. The summed E-state index contributed by atoms with van der Waals surface area (Å²) in [4.78, 5) is 22.7. The van der Waals surface area contributed by atoms with Crippen molar-refractivity contribution in [2.75, 3.05) is 0 Å². The topological polar surface area (TPSA) is 92.4 Å². The molecule has 0 radical (unpaired) electrons. The van der Waals surface area contributed by atoms with Crippen molar-refractivity contribution in [3.63, 3.8) is 0 Å². The number of carboxylic acid groups (broad SMARTS) is 1. The van der Waals surface area contributed by atoms with Crippen molar-refractivity contribution in [2.24, 2.45) is 0 Å². The van der Waals surface area contributed by atoms with E-state index in [1.165, 1.54) is 0 Å². The highest BCUT2D eigenvalue weighted by Crippen LogP contribution is 2.14. The molecule has 6 nitrogen and oxygen atoms in total. The van der Waals surface area contributed by atoms with Crippen molar-refractivity contribution < 1.29 is 19.2 Å².